The number of hydrogen-bond acceptors (Lipinski definition) is 3. The van der Waals surface area contributed by atoms with Gasteiger partial charge in [-0.2, -0.15) is 4.31 Å². The first-order valence-electron chi connectivity index (χ1n) is 6.53. The number of nitrogens with zero attached hydrogens (tertiary/aromatic N) is 1. The molecule has 1 aromatic carbocycles. The van der Waals surface area contributed by atoms with E-state index in [-0.39, 0.29) is 19.0 Å². The maximum atomic E-state index is 11.9. The molecule has 1 N–H and O–H groups in total. The predicted molar refractivity (Wildman–Crippen MR) is 87.8 cm³/mol. The fourth-order valence-corrected chi connectivity index (χ4v) is 3.66. The molecule has 7 heteroatoms. The maximum absolute atomic E-state index is 11.9. The van der Waals surface area contributed by atoms with Crippen molar-refractivity contribution >= 4 is 31.9 Å². The standard InChI is InChI=1S/C14H21BrN2O3S/c1-14(2,3)17(21(4,19)20)10-9-16-13(18)11-5-7-12(15)8-6-11/h5-8H,9-10H2,1-4H3,(H,16,18). The van der Waals surface area contributed by atoms with Gasteiger partial charge in [0.2, 0.25) is 10.0 Å². The van der Waals surface area contributed by atoms with Crippen molar-refractivity contribution in [2.75, 3.05) is 19.3 Å². The summed E-state index contributed by atoms with van der Waals surface area (Å²) in [6.07, 6.45) is 1.18. The molecule has 0 aliphatic rings. The Hall–Kier alpha value is -0.920. The van der Waals surface area contributed by atoms with Crippen molar-refractivity contribution in [3.8, 4) is 0 Å². The number of rotatable bonds is 5. The number of hydrogen-bond donors (Lipinski definition) is 1. The molecule has 0 spiro atoms. The lowest BCUT2D eigenvalue weighted by molar-refractivity contribution is 0.0948. The lowest BCUT2D eigenvalue weighted by atomic mass is 10.1. The van der Waals surface area contributed by atoms with Gasteiger partial charge in [0.1, 0.15) is 0 Å². The summed E-state index contributed by atoms with van der Waals surface area (Å²) in [6.45, 7) is 5.98. The minimum Gasteiger partial charge on any atom is -0.351 e. The Bertz CT molecular complexity index is 592. The molecule has 0 unspecified atom stereocenters. The Morgan fingerprint density at radius 3 is 2.19 bits per heavy atom. The van der Waals surface area contributed by atoms with Crippen LogP contribution in [-0.2, 0) is 10.0 Å². The molecule has 5 nitrogen and oxygen atoms in total. The summed E-state index contributed by atoms with van der Waals surface area (Å²) in [4.78, 5) is 11.9. The highest BCUT2D eigenvalue weighted by Gasteiger charge is 2.28. The molecule has 0 aromatic heterocycles. The zero-order chi connectivity index (χ0) is 16.3. The van der Waals surface area contributed by atoms with Crippen LogP contribution in [0.25, 0.3) is 0 Å². The number of carbonyl (C=O) groups is 1. The summed E-state index contributed by atoms with van der Waals surface area (Å²) in [5.74, 6) is -0.218. The van der Waals surface area contributed by atoms with E-state index in [0.29, 0.717) is 5.56 Å². The van der Waals surface area contributed by atoms with Gasteiger partial charge in [-0.1, -0.05) is 15.9 Å². The SMILES string of the molecule is CC(C)(C)N(CCNC(=O)c1ccc(Br)cc1)S(C)(=O)=O. The second kappa shape index (κ2) is 6.89. The number of sulfonamides is 1. The van der Waals surface area contributed by atoms with Crippen molar-refractivity contribution in [1.29, 1.82) is 0 Å². The molecule has 118 valence electrons. The van der Waals surface area contributed by atoms with E-state index in [9.17, 15) is 13.2 Å². The normalized spacial score (nSPS) is 12.5. The average Bonchev–Trinajstić information content (AvgIpc) is 2.32. The van der Waals surface area contributed by atoms with Crippen molar-refractivity contribution in [2.45, 2.75) is 26.3 Å². The molecule has 0 aliphatic heterocycles. The van der Waals surface area contributed by atoms with E-state index < -0.39 is 15.6 Å². The minimum absolute atomic E-state index is 0.218. The van der Waals surface area contributed by atoms with Crippen LogP contribution in [-0.4, -0.2) is 43.5 Å². The van der Waals surface area contributed by atoms with E-state index in [2.05, 4.69) is 21.2 Å². The Balaban J connectivity index is 2.63. The van der Waals surface area contributed by atoms with Crippen molar-refractivity contribution < 1.29 is 13.2 Å². The number of carbonyl (C=O) groups excluding carboxylic acids is 1. The first kappa shape index (κ1) is 18.1. The second-order valence-corrected chi connectivity index (χ2v) is 8.59. The van der Waals surface area contributed by atoms with E-state index in [1.807, 2.05) is 20.8 Å². The monoisotopic (exact) mass is 376 g/mol. The molecule has 0 radical (unpaired) electrons. The van der Waals surface area contributed by atoms with E-state index >= 15 is 0 Å². The molecule has 1 amide bonds. The minimum atomic E-state index is -3.31. The zero-order valence-electron chi connectivity index (χ0n) is 12.7. The van der Waals surface area contributed by atoms with Crippen LogP contribution in [0.15, 0.2) is 28.7 Å². The summed E-state index contributed by atoms with van der Waals surface area (Å²) >= 11 is 3.30. The summed E-state index contributed by atoms with van der Waals surface area (Å²) in [7, 11) is -3.31. The molecule has 1 rings (SSSR count). The van der Waals surface area contributed by atoms with Crippen molar-refractivity contribution in [1.82, 2.24) is 9.62 Å². The lowest BCUT2D eigenvalue weighted by Crippen LogP contribution is -2.48. The van der Waals surface area contributed by atoms with E-state index in [1.54, 1.807) is 24.3 Å². The predicted octanol–water partition coefficient (Wildman–Crippen LogP) is 2.24. The second-order valence-electron chi connectivity index (χ2n) is 5.77. The van der Waals surface area contributed by atoms with Crippen LogP contribution in [0.3, 0.4) is 0 Å². The highest BCUT2D eigenvalue weighted by molar-refractivity contribution is 9.10. The van der Waals surface area contributed by atoms with Crippen LogP contribution >= 0.6 is 15.9 Å². The number of benzene rings is 1. The van der Waals surface area contributed by atoms with Crippen molar-refractivity contribution in [3.05, 3.63) is 34.3 Å². The maximum Gasteiger partial charge on any atom is 0.251 e. The fourth-order valence-electron chi connectivity index (χ4n) is 1.97. The summed E-state index contributed by atoms with van der Waals surface area (Å²) in [6, 6.07) is 6.98. The summed E-state index contributed by atoms with van der Waals surface area (Å²) < 4.78 is 25.8. The molecule has 0 aliphatic carbocycles. The van der Waals surface area contributed by atoms with Crippen molar-refractivity contribution in [3.63, 3.8) is 0 Å². The molecule has 0 heterocycles. The number of nitrogens with one attached hydrogen (secondary N) is 1. The quantitative estimate of drug-likeness (QED) is 0.856. The Labute approximate surface area is 134 Å². The average molecular weight is 377 g/mol. The highest BCUT2D eigenvalue weighted by Crippen LogP contribution is 2.16. The number of halogens is 1. The van der Waals surface area contributed by atoms with Gasteiger partial charge in [0.05, 0.1) is 6.26 Å². The van der Waals surface area contributed by atoms with Gasteiger partial charge in [0.15, 0.2) is 0 Å². The third-order valence-electron chi connectivity index (χ3n) is 2.86. The summed E-state index contributed by atoms with van der Waals surface area (Å²) in [5, 5.41) is 2.73. The Morgan fingerprint density at radius 1 is 1.24 bits per heavy atom. The van der Waals surface area contributed by atoms with Crippen LogP contribution in [0.4, 0.5) is 0 Å². The van der Waals surface area contributed by atoms with Gasteiger partial charge in [-0.05, 0) is 45.0 Å². The van der Waals surface area contributed by atoms with Crippen LogP contribution < -0.4 is 5.32 Å². The van der Waals surface area contributed by atoms with Gasteiger partial charge < -0.3 is 5.32 Å². The Kier molecular flexibility index (Phi) is 5.95. The first-order valence-corrected chi connectivity index (χ1v) is 9.17. The molecular formula is C14H21BrN2O3S. The molecular weight excluding hydrogens is 356 g/mol. The van der Waals surface area contributed by atoms with E-state index in [0.717, 1.165) is 4.47 Å². The lowest BCUT2D eigenvalue weighted by Gasteiger charge is -2.33. The number of amides is 1. The van der Waals surface area contributed by atoms with Crippen LogP contribution in [0.5, 0.6) is 0 Å². The molecule has 0 fully saturated rings. The van der Waals surface area contributed by atoms with Crippen LogP contribution in [0, 0.1) is 0 Å². The first-order chi connectivity index (χ1) is 9.51. The molecule has 0 bridgehead atoms. The van der Waals surface area contributed by atoms with Crippen LogP contribution in [0.1, 0.15) is 31.1 Å². The largest absolute Gasteiger partial charge is 0.351 e. The molecule has 21 heavy (non-hydrogen) atoms. The van der Waals surface area contributed by atoms with Gasteiger partial charge in [0, 0.05) is 28.7 Å². The van der Waals surface area contributed by atoms with Gasteiger partial charge in [0.25, 0.3) is 5.91 Å². The third kappa shape index (κ3) is 5.76. The fraction of sp³-hybridized carbons (Fsp3) is 0.500. The summed E-state index contributed by atoms with van der Waals surface area (Å²) in [5.41, 5.74) is 0.0236. The third-order valence-corrected chi connectivity index (χ3v) is 4.92. The van der Waals surface area contributed by atoms with Gasteiger partial charge in [-0.15, -0.1) is 0 Å². The van der Waals surface area contributed by atoms with E-state index in [4.69, 9.17) is 0 Å². The van der Waals surface area contributed by atoms with Gasteiger partial charge in [-0.3, -0.25) is 4.79 Å². The van der Waals surface area contributed by atoms with Crippen molar-refractivity contribution in [2.24, 2.45) is 0 Å². The highest BCUT2D eigenvalue weighted by atomic mass is 79.9. The molecule has 0 saturated heterocycles. The van der Waals surface area contributed by atoms with Gasteiger partial charge in [-0.25, -0.2) is 8.42 Å². The topological polar surface area (TPSA) is 66.5 Å². The molecule has 0 saturated carbocycles. The zero-order valence-corrected chi connectivity index (χ0v) is 15.1. The van der Waals surface area contributed by atoms with Gasteiger partial charge >= 0.3 is 0 Å². The smallest absolute Gasteiger partial charge is 0.251 e. The van der Waals surface area contributed by atoms with Crippen LogP contribution in [0.2, 0.25) is 0 Å². The molecule has 0 atom stereocenters. The molecule has 1 aromatic rings. The van der Waals surface area contributed by atoms with E-state index in [1.165, 1.54) is 10.6 Å². The Morgan fingerprint density at radius 2 is 1.76 bits per heavy atom.